The van der Waals surface area contributed by atoms with Gasteiger partial charge >= 0.3 is 6.09 Å². The van der Waals surface area contributed by atoms with Crippen molar-refractivity contribution in [3.05, 3.63) is 50.6 Å². The smallest absolute Gasteiger partial charge is 0.410 e. The molecule has 1 atom stereocenters. The van der Waals surface area contributed by atoms with E-state index >= 15 is 0 Å². The topological polar surface area (TPSA) is 70.7 Å². The SMILES string of the molecule is CCOC(=O)N1CCc2c(sc3c2C(=O)N[C@@H](c2c(F)cccc2Cl)N3)C1. The molecule has 142 valence electrons. The third-order valence-corrected chi connectivity index (χ3v) is 6.13. The molecule has 0 bridgehead atoms. The average molecular weight is 410 g/mol. The van der Waals surface area contributed by atoms with E-state index in [0.29, 0.717) is 36.7 Å². The van der Waals surface area contributed by atoms with Crippen molar-refractivity contribution in [3.8, 4) is 0 Å². The predicted molar refractivity (Wildman–Crippen MR) is 101 cm³/mol. The Bertz CT molecular complexity index is 913. The summed E-state index contributed by atoms with van der Waals surface area (Å²) < 4.78 is 19.3. The fraction of sp³-hybridized carbons (Fsp3) is 0.333. The van der Waals surface area contributed by atoms with Gasteiger partial charge in [-0.15, -0.1) is 11.3 Å². The number of carbonyl (C=O) groups excluding carboxylic acids is 2. The second-order valence-corrected chi connectivity index (χ2v) is 7.78. The molecule has 2 N–H and O–H groups in total. The highest BCUT2D eigenvalue weighted by atomic mass is 35.5. The minimum Gasteiger partial charge on any atom is -0.450 e. The van der Waals surface area contributed by atoms with Gasteiger partial charge in [-0.25, -0.2) is 9.18 Å². The lowest BCUT2D eigenvalue weighted by Gasteiger charge is -2.28. The number of thiophene rings is 1. The van der Waals surface area contributed by atoms with Gasteiger partial charge in [-0.05, 0) is 31.0 Å². The average Bonchev–Trinajstić information content (AvgIpc) is 2.99. The lowest BCUT2D eigenvalue weighted by atomic mass is 10.0. The zero-order chi connectivity index (χ0) is 19.1. The van der Waals surface area contributed by atoms with E-state index in [4.69, 9.17) is 16.3 Å². The van der Waals surface area contributed by atoms with Crippen LogP contribution in [0.2, 0.25) is 5.02 Å². The third kappa shape index (κ3) is 3.12. The number of rotatable bonds is 2. The quantitative estimate of drug-likeness (QED) is 0.789. The molecule has 4 rings (SSSR count). The summed E-state index contributed by atoms with van der Waals surface area (Å²) in [5, 5.41) is 6.87. The van der Waals surface area contributed by atoms with Crippen LogP contribution in [0.4, 0.5) is 14.2 Å². The molecule has 1 aromatic heterocycles. The van der Waals surface area contributed by atoms with E-state index in [-0.39, 0.29) is 22.6 Å². The van der Waals surface area contributed by atoms with Crippen LogP contribution in [0.15, 0.2) is 18.2 Å². The Morgan fingerprint density at radius 2 is 2.26 bits per heavy atom. The van der Waals surface area contributed by atoms with Crippen molar-refractivity contribution in [2.75, 3.05) is 18.5 Å². The van der Waals surface area contributed by atoms with Crippen molar-refractivity contribution >= 4 is 39.9 Å². The van der Waals surface area contributed by atoms with Gasteiger partial charge in [-0.3, -0.25) is 4.79 Å². The van der Waals surface area contributed by atoms with E-state index in [1.54, 1.807) is 17.9 Å². The number of hydrogen-bond donors (Lipinski definition) is 2. The Kier molecular flexibility index (Phi) is 4.69. The number of anilines is 1. The Labute approximate surface area is 164 Å². The molecule has 2 aromatic rings. The van der Waals surface area contributed by atoms with Crippen molar-refractivity contribution in [3.63, 3.8) is 0 Å². The molecule has 3 heterocycles. The molecule has 2 amide bonds. The molecule has 27 heavy (non-hydrogen) atoms. The fourth-order valence-electron chi connectivity index (χ4n) is 3.42. The summed E-state index contributed by atoms with van der Waals surface area (Å²) in [6.07, 6.45) is -0.539. The minimum atomic E-state index is -0.750. The van der Waals surface area contributed by atoms with Crippen molar-refractivity contribution in [2.45, 2.75) is 26.1 Å². The zero-order valence-electron chi connectivity index (χ0n) is 14.5. The Balaban J connectivity index is 1.64. The summed E-state index contributed by atoms with van der Waals surface area (Å²) in [5.74, 6) is -0.756. The molecule has 0 fully saturated rings. The monoisotopic (exact) mass is 409 g/mol. The molecule has 2 aliphatic heterocycles. The molecule has 0 unspecified atom stereocenters. The lowest BCUT2D eigenvalue weighted by molar-refractivity contribution is 0.0933. The van der Waals surface area contributed by atoms with E-state index in [1.807, 2.05) is 0 Å². The maximum Gasteiger partial charge on any atom is 0.410 e. The highest BCUT2D eigenvalue weighted by Gasteiger charge is 2.35. The lowest BCUT2D eigenvalue weighted by Crippen LogP contribution is -2.40. The Hall–Kier alpha value is -2.32. The molecule has 0 radical (unpaired) electrons. The van der Waals surface area contributed by atoms with Gasteiger partial charge in [0.05, 0.1) is 23.7 Å². The van der Waals surface area contributed by atoms with Gasteiger partial charge in [0.15, 0.2) is 0 Å². The Morgan fingerprint density at radius 3 is 3.00 bits per heavy atom. The molecule has 1 aromatic carbocycles. The largest absolute Gasteiger partial charge is 0.450 e. The van der Waals surface area contributed by atoms with Gasteiger partial charge in [0.2, 0.25) is 0 Å². The number of amides is 2. The van der Waals surface area contributed by atoms with Gasteiger partial charge in [0, 0.05) is 17.0 Å². The summed E-state index contributed by atoms with van der Waals surface area (Å²) >= 11 is 7.54. The van der Waals surface area contributed by atoms with Gasteiger partial charge in [0.25, 0.3) is 5.91 Å². The Morgan fingerprint density at radius 1 is 1.44 bits per heavy atom. The number of hydrogen-bond acceptors (Lipinski definition) is 5. The second-order valence-electron chi connectivity index (χ2n) is 6.26. The molecular formula is C18H17ClFN3O3S. The van der Waals surface area contributed by atoms with Crippen LogP contribution in [0.1, 0.15) is 39.5 Å². The zero-order valence-corrected chi connectivity index (χ0v) is 16.0. The van der Waals surface area contributed by atoms with Crippen LogP contribution in [0.3, 0.4) is 0 Å². The first-order chi connectivity index (χ1) is 13.0. The summed E-state index contributed by atoms with van der Waals surface area (Å²) in [6, 6.07) is 4.41. The predicted octanol–water partition coefficient (Wildman–Crippen LogP) is 3.91. The van der Waals surface area contributed by atoms with Crippen LogP contribution in [-0.4, -0.2) is 30.1 Å². The molecule has 0 saturated heterocycles. The summed E-state index contributed by atoms with van der Waals surface area (Å²) in [4.78, 5) is 27.3. The first kappa shape index (κ1) is 18.1. The van der Waals surface area contributed by atoms with Gasteiger partial charge < -0.3 is 20.3 Å². The number of carbonyl (C=O) groups is 2. The van der Waals surface area contributed by atoms with Gasteiger partial charge in [0.1, 0.15) is 17.0 Å². The van der Waals surface area contributed by atoms with E-state index < -0.39 is 12.0 Å². The van der Waals surface area contributed by atoms with E-state index in [9.17, 15) is 14.0 Å². The minimum absolute atomic E-state index is 0.206. The molecule has 0 saturated carbocycles. The molecule has 0 aliphatic carbocycles. The summed E-state index contributed by atoms with van der Waals surface area (Å²) in [6.45, 7) is 2.97. The normalized spacial score (nSPS) is 18.3. The van der Waals surface area contributed by atoms with E-state index in [1.165, 1.54) is 23.5 Å². The fourth-order valence-corrected chi connectivity index (χ4v) is 4.98. The second kappa shape index (κ2) is 7.01. The van der Waals surface area contributed by atoms with Gasteiger partial charge in [-0.1, -0.05) is 17.7 Å². The van der Waals surface area contributed by atoms with Crippen molar-refractivity contribution < 1.29 is 18.7 Å². The third-order valence-electron chi connectivity index (χ3n) is 4.65. The first-order valence-corrected chi connectivity index (χ1v) is 9.76. The van der Waals surface area contributed by atoms with Crippen LogP contribution in [-0.2, 0) is 17.7 Å². The van der Waals surface area contributed by atoms with E-state index in [2.05, 4.69) is 10.6 Å². The van der Waals surface area contributed by atoms with Crippen LogP contribution < -0.4 is 10.6 Å². The van der Waals surface area contributed by atoms with Crippen molar-refractivity contribution in [1.82, 2.24) is 10.2 Å². The molecule has 0 spiro atoms. The number of nitrogens with zero attached hydrogens (tertiary/aromatic N) is 1. The van der Waals surface area contributed by atoms with Crippen LogP contribution >= 0.6 is 22.9 Å². The van der Waals surface area contributed by atoms with Crippen LogP contribution in [0.25, 0.3) is 0 Å². The first-order valence-electron chi connectivity index (χ1n) is 8.57. The van der Waals surface area contributed by atoms with Crippen molar-refractivity contribution in [2.24, 2.45) is 0 Å². The highest BCUT2D eigenvalue weighted by molar-refractivity contribution is 7.16. The maximum atomic E-state index is 14.2. The number of nitrogens with one attached hydrogen (secondary N) is 2. The molecule has 6 nitrogen and oxygen atoms in total. The maximum absolute atomic E-state index is 14.2. The molecular weight excluding hydrogens is 393 g/mol. The number of fused-ring (bicyclic) bond motifs is 3. The number of ether oxygens (including phenoxy) is 1. The van der Waals surface area contributed by atoms with Crippen molar-refractivity contribution in [1.29, 1.82) is 0 Å². The van der Waals surface area contributed by atoms with E-state index in [0.717, 1.165) is 10.4 Å². The molecule has 2 aliphatic rings. The standard InChI is InChI=1S/C18H17ClFN3O3S/c1-2-26-18(25)23-7-6-9-12(8-23)27-17-13(9)16(24)21-15(22-17)14-10(19)4-3-5-11(14)20/h3-5,15,22H,2,6-8H2,1H3,(H,21,24)/t15-/m1/s1. The van der Waals surface area contributed by atoms with Gasteiger partial charge in [-0.2, -0.15) is 0 Å². The molecule has 9 heteroatoms. The number of halogens is 2. The number of benzene rings is 1. The summed E-state index contributed by atoms with van der Waals surface area (Å²) in [7, 11) is 0. The highest BCUT2D eigenvalue weighted by Crippen LogP contribution is 2.41. The van der Waals surface area contributed by atoms with Crippen LogP contribution in [0, 0.1) is 5.82 Å². The summed E-state index contributed by atoms with van der Waals surface area (Å²) in [5.41, 5.74) is 1.71. The van der Waals surface area contributed by atoms with Crippen LogP contribution in [0.5, 0.6) is 0 Å².